The first-order valence-corrected chi connectivity index (χ1v) is 12.4. The number of carbonyl (C=O) groups is 1. The van der Waals surface area contributed by atoms with Crippen molar-refractivity contribution in [2.24, 2.45) is 14.1 Å². The van der Waals surface area contributed by atoms with E-state index >= 15 is 0 Å². The van der Waals surface area contributed by atoms with E-state index in [2.05, 4.69) is 34.7 Å². The summed E-state index contributed by atoms with van der Waals surface area (Å²) in [4.78, 5) is 27.0. The lowest BCUT2D eigenvalue weighted by Gasteiger charge is -2.07. The van der Waals surface area contributed by atoms with Crippen molar-refractivity contribution in [2.45, 2.75) is 32.3 Å². The van der Waals surface area contributed by atoms with Crippen LogP contribution in [0.1, 0.15) is 23.1 Å². The number of amides is 1. The fourth-order valence-electron chi connectivity index (χ4n) is 3.80. The van der Waals surface area contributed by atoms with E-state index < -0.39 is 0 Å². The lowest BCUT2D eigenvalue weighted by atomic mass is 10.1. The summed E-state index contributed by atoms with van der Waals surface area (Å²) in [5, 5.41) is 14.2. The van der Waals surface area contributed by atoms with Gasteiger partial charge in [0.25, 0.3) is 5.56 Å². The van der Waals surface area contributed by atoms with Crippen LogP contribution in [0.25, 0.3) is 17.1 Å². The van der Waals surface area contributed by atoms with Crippen LogP contribution in [0, 0.1) is 13.8 Å². The molecule has 0 saturated carbocycles. The molecule has 1 aromatic carbocycles. The van der Waals surface area contributed by atoms with Gasteiger partial charge >= 0.3 is 0 Å². The normalized spacial score (nSPS) is 11.2. The Balaban J connectivity index is 1.49. The zero-order valence-electron chi connectivity index (χ0n) is 19.2. The Bertz CT molecular complexity index is 1360. The van der Waals surface area contributed by atoms with Crippen molar-refractivity contribution >= 4 is 34.7 Å². The van der Waals surface area contributed by atoms with Gasteiger partial charge in [-0.15, -0.1) is 21.5 Å². The van der Waals surface area contributed by atoms with Crippen LogP contribution in [0.4, 0.5) is 5.69 Å². The highest BCUT2D eigenvalue weighted by Gasteiger charge is 2.20. The average molecular weight is 483 g/mol. The predicted molar refractivity (Wildman–Crippen MR) is 134 cm³/mol. The van der Waals surface area contributed by atoms with Crippen LogP contribution in [0.3, 0.4) is 0 Å². The molecule has 1 N–H and O–H groups in total. The number of para-hydroxylation sites is 1. The maximum absolute atomic E-state index is 13.0. The highest BCUT2D eigenvalue weighted by Crippen LogP contribution is 2.32. The number of rotatable bonds is 7. The van der Waals surface area contributed by atoms with E-state index in [-0.39, 0.29) is 22.9 Å². The van der Waals surface area contributed by atoms with E-state index in [1.165, 1.54) is 22.2 Å². The lowest BCUT2D eigenvalue weighted by molar-refractivity contribution is -0.113. The molecule has 0 aliphatic heterocycles. The minimum atomic E-state index is -0.267. The molecule has 3 aromatic heterocycles. The van der Waals surface area contributed by atoms with Gasteiger partial charge in [-0.05, 0) is 38.0 Å². The topological polar surface area (TPSA) is 86.7 Å². The van der Waals surface area contributed by atoms with Gasteiger partial charge in [0.2, 0.25) is 5.91 Å². The second-order valence-corrected chi connectivity index (χ2v) is 9.70. The molecular formula is C23H26N6O2S2. The highest BCUT2D eigenvalue weighted by atomic mass is 32.2. The molecule has 0 saturated heterocycles. The molecule has 0 unspecified atom stereocenters. The summed E-state index contributed by atoms with van der Waals surface area (Å²) in [6.45, 7) is 6.06. The van der Waals surface area contributed by atoms with Gasteiger partial charge in [0, 0.05) is 29.9 Å². The van der Waals surface area contributed by atoms with E-state index in [0.29, 0.717) is 10.9 Å². The van der Waals surface area contributed by atoms with Crippen LogP contribution in [-0.4, -0.2) is 35.8 Å². The van der Waals surface area contributed by atoms with Crippen LogP contribution >= 0.6 is 23.1 Å². The summed E-state index contributed by atoms with van der Waals surface area (Å²) >= 11 is 3.00. The van der Waals surface area contributed by atoms with Crippen molar-refractivity contribution in [1.29, 1.82) is 0 Å². The van der Waals surface area contributed by atoms with Crippen molar-refractivity contribution in [1.82, 2.24) is 24.1 Å². The van der Waals surface area contributed by atoms with Crippen molar-refractivity contribution < 1.29 is 4.79 Å². The quantitative estimate of drug-likeness (QED) is 0.403. The molecule has 33 heavy (non-hydrogen) atoms. The van der Waals surface area contributed by atoms with Gasteiger partial charge in [0.1, 0.15) is 5.69 Å². The number of benzene rings is 1. The monoisotopic (exact) mass is 482 g/mol. The number of thioether (sulfide) groups is 1. The molecule has 0 fully saturated rings. The average Bonchev–Trinajstić information content (AvgIpc) is 3.42. The Labute approximate surface area is 200 Å². The van der Waals surface area contributed by atoms with E-state index in [1.54, 1.807) is 27.7 Å². The zero-order chi connectivity index (χ0) is 23.7. The van der Waals surface area contributed by atoms with Gasteiger partial charge < -0.3 is 9.88 Å². The van der Waals surface area contributed by atoms with Crippen molar-refractivity contribution in [3.63, 3.8) is 0 Å². The fourth-order valence-corrected chi connectivity index (χ4v) is 5.45. The molecule has 10 heteroatoms. The first-order chi connectivity index (χ1) is 15.8. The van der Waals surface area contributed by atoms with Gasteiger partial charge in [-0.1, -0.05) is 36.9 Å². The molecule has 4 aromatic rings. The van der Waals surface area contributed by atoms with Gasteiger partial charge in [-0.2, -0.15) is 0 Å². The third kappa shape index (κ3) is 4.28. The third-order valence-electron chi connectivity index (χ3n) is 5.68. The minimum Gasteiger partial charge on any atom is -0.319 e. The van der Waals surface area contributed by atoms with Gasteiger partial charge in [-0.3, -0.25) is 14.3 Å². The van der Waals surface area contributed by atoms with Crippen LogP contribution in [0.2, 0.25) is 0 Å². The number of hydrogen-bond acceptors (Lipinski definition) is 6. The van der Waals surface area contributed by atoms with Crippen LogP contribution in [-0.2, 0) is 25.3 Å². The molecule has 1 amide bonds. The Morgan fingerprint density at radius 2 is 1.88 bits per heavy atom. The van der Waals surface area contributed by atoms with Crippen LogP contribution in [0.5, 0.6) is 0 Å². The summed E-state index contributed by atoms with van der Waals surface area (Å²) in [6, 6.07) is 9.34. The number of anilines is 1. The number of nitrogens with one attached hydrogen (secondary N) is 1. The first-order valence-electron chi connectivity index (χ1n) is 10.6. The molecule has 8 nitrogen and oxygen atoms in total. The van der Waals surface area contributed by atoms with Crippen LogP contribution in [0.15, 0.2) is 45.7 Å². The predicted octanol–water partition coefficient (Wildman–Crippen LogP) is 3.94. The van der Waals surface area contributed by atoms with Gasteiger partial charge in [-0.25, -0.2) is 4.68 Å². The lowest BCUT2D eigenvalue weighted by Crippen LogP contribution is -2.23. The van der Waals surface area contributed by atoms with E-state index in [4.69, 9.17) is 0 Å². The molecule has 0 aliphatic carbocycles. The maximum atomic E-state index is 13.0. The molecule has 3 heterocycles. The van der Waals surface area contributed by atoms with Crippen molar-refractivity contribution in [3.8, 4) is 17.1 Å². The maximum Gasteiger partial charge on any atom is 0.295 e. The molecule has 0 radical (unpaired) electrons. The summed E-state index contributed by atoms with van der Waals surface area (Å²) in [5.74, 6) is 0.647. The van der Waals surface area contributed by atoms with E-state index in [9.17, 15) is 9.59 Å². The molecule has 0 atom stereocenters. The molecule has 172 valence electrons. The fraction of sp³-hybridized carbons (Fsp3) is 0.304. The SMILES string of the molecule is CCc1c(-c2nnc(SCC(=O)Nc3c(C)n(C)n(-c4ccccc4)c3=O)n2C)csc1C. The number of carbonyl (C=O) groups excluding carboxylic acids is 1. The second-order valence-electron chi connectivity index (χ2n) is 7.68. The summed E-state index contributed by atoms with van der Waals surface area (Å²) in [7, 11) is 3.70. The number of aromatic nitrogens is 5. The van der Waals surface area contributed by atoms with Crippen molar-refractivity contribution in [2.75, 3.05) is 11.1 Å². The second kappa shape index (κ2) is 9.40. The molecular weight excluding hydrogens is 456 g/mol. The van der Waals surface area contributed by atoms with E-state index in [1.807, 2.05) is 48.9 Å². The van der Waals surface area contributed by atoms with Gasteiger partial charge in [0.15, 0.2) is 11.0 Å². The number of aryl methyl sites for hydroxylation is 1. The summed E-state index contributed by atoms with van der Waals surface area (Å²) < 4.78 is 5.19. The van der Waals surface area contributed by atoms with Gasteiger partial charge in [0.05, 0.1) is 17.1 Å². The summed E-state index contributed by atoms with van der Waals surface area (Å²) in [6.07, 6.45) is 0.930. The summed E-state index contributed by atoms with van der Waals surface area (Å²) in [5.41, 5.74) is 3.81. The molecule has 0 bridgehead atoms. The Kier molecular flexibility index (Phi) is 6.57. The number of thiophene rings is 1. The smallest absolute Gasteiger partial charge is 0.295 e. The molecule has 4 rings (SSSR count). The molecule has 0 aliphatic rings. The standard InChI is InChI=1S/C23H26N6O2S2/c1-6-17-15(3)32-12-18(17)21-25-26-23(27(21)4)33-13-19(30)24-20-14(2)28(5)29(22(20)31)16-10-8-7-9-11-16/h7-12H,6,13H2,1-5H3,(H,24,30). The highest BCUT2D eigenvalue weighted by molar-refractivity contribution is 7.99. The number of nitrogens with zero attached hydrogens (tertiary/aromatic N) is 5. The first kappa shape index (κ1) is 23.1. The Morgan fingerprint density at radius 1 is 1.15 bits per heavy atom. The Hall–Kier alpha value is -3.11. The third-order valence-corrected chi connectivity index (χ3v) is 7.66. The van der Waals surface area contributed by atoms with Crippen LogP contribution < -0.4 is 10.9 Å². The Morgan fingerprint density at radius 3 is 2.58 bits per heavy atom. The number of hydrogen-bond donors (Lipinski definition) is 1. The van der Waals surface area contributed by atoms with Crippen molar-refractivity contribution in [3.05, 3.63) is 62.2 Å². The van der Waals surface area contributed by atoms with E-state index in [0.717, 1.165) is 23.5 Å². The minimum absolute atomic E-state index is 0.119. The zero-order valence-corrected chi connectivity index (χ0v) is 20.9. The largest absolute Gasteiger partial charge is 0.319 e. The molecule has 0 spiro atoms.